The van der Waals surface area contributed by atoms with E-state index < -0.39 is 0 Å². The van der Waals surface area contributed by atoms with Gasteiger partial charge in [0.25, 0.3) is 5.95 Å². The summed E-state index contributed by atoms with van der Waals surface area (Å²) >= 11 is 0. The molecule has 0 fully saturated rings. The highest BCUT2D eigenvalue weighted by atomic mass is 15.5. The highest BCUT2D eigenvalue weighted by Gasteiger charge is 2.17. The number of benzene rings is 2. The molecule has 0 radical (unpaired) electrons. The summed E-state index contributed by atoms with van der Waals surface area (Å²) in [5, 5.41) is 18.4. The summed E-state index contributed by atoms with van der Waals surface area (Å²) in [5.74, 6) is 0.566. The maximum Gasteiger partial charge on any atom is 0.259 e. The van der Waals surface area contributed by atoms with Crippen molar-refractivity contribution in [2.45, 2.75) is 0 Å². The van der Waals surface area contributed by atoms with Crippen LogP contribution in [0.3, 0.4) is 0 Å². The fourth-order valence-electron chi connectivity index (χ4n) is 3.42. The van der Waals surface area contributed by atoms with E-state index in [9.17, 15) is 0 Å². The van der Waals surface area contributed by atoms with Crippen LogP contribution in [0.4, 0.5) is 0 Å². The zero-order valence-electron chi connectivity index (χ0n) is 14.0. The molecule has 0 atom stereocenters. The summed E-state index contributed by atoms with van der Waals surface area (Å²) in [6, 6.07) is 18.0. The SMILES string of the molecule is c1ccc(-c2cn(-c3nnc4c5ccccc5n5cncc5n34)nn2)cc1. The van der Waals surface area contributed by atoms with Gasteiger partial charge in [-0.15, -0.1) is 15.3 Å². The lowest BCUT2D eigenvalue weighted by Crippen LogP contribution is -2.04. The van der Waals surface area contributed by atoms with Gasteiger partial charge in [-0.25, -0.2) is 9.38 Å². The maximum absolute atomic E-state index is 4.42. The first-order valence-corrected chi connectivity index (χ1v) is 8.46. The molecule has 128 valence electrons. The summed E-state index contributed by atoms with van der Waals surface area (Å²) in [5.41, 5.74) is 4.42. The van der Waals surface area contributed by atoms with E-state index in [0.29, 0.717) is 5.95 Å². The van der Waals surface area contributed by atoms with Gasteiger partial charge >= 0.3 is 0 Å². The Bertz CT molecular complexity index is 1420. The summed E-state index contributed by atoms with van der Waals surface area (Å²) in [7, 11) is 0. The molecule has 0 aliphatic carbocycles. The van der Waals surface area contributed by atoms with Crippen LogP contribution in [0.2, 0.25) is 0 Å². The molecule has 8 heteroatoms. The van der Waals surface area contributed by atoms with Crippen LogP contribution in [0.25, 0.3) is 39.4 Å². The zero-order chi connectivity index (χ0) is 17.8. The Hall–Kier alpha value is -4.07. The number of aromatic nitrogens is 8. The van der Waals surface area contributed by atoms with Crippen molar-refractivity contribution in [3.63, 3.8) is 0 Å². The highest BCUT2D eigenvalue weighted by molar-refractivity contribution is 5.94. The average Bonchev–Trinajstić information content (AvgIpc) is 3.46. The van der Waals surface area contributed by atoms with Gasteiger partial charge in [-0.2, -0.15) is 4.68 Å². The van der Waals surface area contributed by atoms with Crippen LogP contribution in [0, 0.1) is 0 Å². The third-order valence-electron chi connectivity index (χ3n) is 4.67. The second-order valence-electron chi connectivity index (χ2n) is 6.21. The highest BCUT2D eigenvalue weighted by Crippen LogP contribution is 2.24. The number of hydrogen-bond donors (Lipinski definition) is 0. The third kappa shape index (κ3) is 1.94. The van der Waals surface area contributed by atoms with Crippen LogP contribution in [0.1, 0.15) is 0 Å². The van der Waals surface area contributed by atoms with E-state index in [1.807, 2.05) is 69.6 Å². The molecule has 0 aliphatic rings. The van der Waals surface area contributed by atoms with Crippen molar-refractivity contribution in [2.75, 3.05) is 0 Å². The van der Waals surface area contributed by atoms with Gasteiger partial charge in [-0.05, 0) is 12.1 Å². The fraction of sp³-hybridized carbons (Fsp3) is 0. The monoisotopic (exact) mass is 352 g/mol. The van der Waals surface area contributed by atoms with E-state index in [2.05, 4.69) is 25.5 Å². The van der Waals surface area contributed by atoms with E-state index in [0.717, 1.165) is 33.5 Å². The summed E-state index contributed by atoms with van der Waals surface area (Å²) in [4.78, 5) is 4.31. The number of imidazole rings is 1. The van der Waals surface area contributed by atoms with Crippen molar-refractivity contribution in [3.05, 3.63) is 73.3 Å². The van der Waals surface area contributed by atoms with E-state index in [1.165, 1.54) is 0 Å². The van der Waals surface area contributed by atoms with E-state index in [1.54, 1.807) is 17.2 Å². The molecule has 0 amide bonds. The van der Waals surface area contributed by atoms with Gasteiger partial charge in [0.15, 0.2) is 5.65 Å². The molecule has 0 unspecified atom stereocenters. The van der Waals surface area contributed by atoms with Gasteiger partial charge in [0.05, 0.1) is 17.9 Å². The Morgan fingerprint density at radius 1 is 0.815 bits per heavy atom. The molecule has 0 saturated carbocycles. The van der Waals surface area contributed by atoms with E-state index in [-0.39, 0.29) is 0 Å². The van der Waals surface area contributed by atoms with Gasteiger partial charge in [0.1, 0.15) is 17.7 Å². The van der Waals surface area contributed by atoms with Gasteiger partial charge in [-0.1, -0.05) is 47.7 Å². The lowest BCUT2D eigenvalue weighted by Gasteiger charge is -2.06. The molecule has 0 bridgehead atoms. The van der Waals surface area contributed by atoms with Gasteiger partial charge < -0.3 is 0 Å². The summed E-state index contributed by atoms with van der Waals surface area (Å²) in [6.45, 7) is 0. The van der Waals surface area contributed by atoms with Crippen molar-refractivity contribution in [1.29, 1.82) is 0 Å². The first kappa shape index (κ1) is 14.1. The number of hydrogen-bond acceptors (Lipinski definition) is 5. The van der Waals surface area contributed by atoms with E-state index in [4.69, 9.17) is 0 Å². The minimum Gasteiger partial charge on any atom is -0.284 e. The predicted molar refractivity (Wildman–Crippen MR) is 99.6 cm³/mol. The van der Waals surface area contributed by atoms with Gasteiger partial charge in [0.2, 0.25) is 0 Å². The van der Waals surface area contributed by atoms with Crippen molar-refractivity contribution in [3.8, 4) is 17.2 Å². The minimum atomic E-state index is 0.566. The van der Waals surface area contributed by atoms with Crippen LogP contribution in [0.15, 0.2) is 73.3 Å². The number of fused-ring (bicyclic) bond motifs is 6. The second kappa shape index (κ2) is 5.21. The Morgan fingerprint density at radius 3 is 2.59 bits per heavy atom. The fourth-order valence-corrected chi connectivity index (χ4v) is 3.42. The minimum absolute atomic E-state index is 0.566. The first-order chi connectivity index (χ1) is 13.4. The third-order valence-corrected chi connectivity index (χ3v) is 4.67. The molecule has 2 aromatic carbocycles. The summed E-state index contributed by atoms with van der Waals surface area (Å²) in [6.07, 6.45) is 5.44. The molecule has 4 aromatic heterocycles. The lowest BCUT2D eigenvalue weighted by atomic mass is 10.2. The van der Waals surface area contributed by atoms with E-state index >= 15 is 0 Å². The van der Waals surface area contributed by atoms with Crippen LogP contribution >= 0.6 is 0 Å². The quantitative estimate of drug-likeness (QED) is 0.479. The number of para-hydroxylation sites is 1. The number of rotatable bonds is 2. The van der Waals surface area contributed by atoms with Crippen LogP contribution in [-0.2, 0) is 0 Å². The molecule has 4 heterocycles. The van der Waals surface area contributed by atoms with Gasteiger partial charge in [0, 0.05) is 10.9 Å². The average molecular weight is 352 g/mol. The molecule has 6 aromatic rings. The van der Waals surface area contributed by atoms with Crippen molar-refractivity contribution in [2.24, 2.45) is 0 Å². The van der Waals surface area contributed by atoms with Crippen LogP contribution in [-0.4, -0.2) is 39.0 Å². The molecule has 27 heavy (non-hydrogen) atoms. The Labute approximate surface area is 152 Å². The van der Waals surface area contributed by atoms with Crippen molar-refractivity contribution in [1.82, 2.24) is 39.0 Å². The number of nitrogens with zero attached hydrogens (tertiary/aromatic N) is 8. The Morgan fingerprint density at radius 2 is 1.67 bits per heavy atom. The maximum atomic E-state index is 4.42. The molecule has 0 N–H and O–H groups in total. The molecule has 6 rings (SSSR count). The molecule has 8 nitrogen and oxygen atoms in total. The van der Waals surface area contributed by atoms with Crippen LogP contribution < -0.4 is 0 Å². The topological polar surface area (TPSA) is 78.2 Å². The predicted octanol–water partition coefficient (Wildman–Crippen LogP) is 2.78. The van der Waals surface area contributed by atoms with Crippen LogP contribution in [0.5, 0.6) is 0 Å². The summed E-state index contributed by atoms with van der Waals surface area (Å²) < 4.78 is 5.60. The second-order valence-corrected chi connectivity index (χ2v) is 6.21. The smallest absolute Gasteiger partial charge is 0.259 e. The molecule has 0 saturated heterocycles. The Kier molecular flexibility index (Phi) is 2.73. The van der Waals surface area contributed by atoms with Crippen molar-refractivity contribution < 1.29 is 0 Å². The molecule has 0 spiro atoms. The lowest BCUT2D eigenvalue weighted by molar-refractivity contribution is 0.748. The standard InChI is InChI=1S/C19H12N8/c1-2-6-13(7-3-1)15-11-26(24-21-15)19-23-22-18-14-8-4-5-9-16(14)25-12-20-10-17(25)27(18)19/h1-12H. The van der Waals surface area contributed by atoms with Gasteiger partial charge in [-0.3, -0.25) is 4.40 Å². The Balaban J connectivity index is 1.65. The first-order valence-electron chi connectivity index (χ1n) is 8.46. The molecular weight excluding hydrogens is 340 g/mol. The van der Waals surface area contributed by atoms with Crippen molar-refractivity contribution >= 4 is 22.2 Å². The normalized spacial score (nSPS) is 11.7. The largest absolute Gasteiger partial charge is 0.284 e. The zero-order valence-corrected chi connectivity index (χ0v) is 14.0. The molecular formula is C19H12N8. The molecule has 0 aliphatic heterocycles.